The molecule has 1 aliphatic rings. The number of carbonyl (C=O) groups excluding carboxylic acids is 2. The zero-order valence-corrected chi connectivity index (χ0v) is 17.3. The second-order valence-corrected chi connectivity index (χ2v) is 7.80. The summed E-state index contributed by atoms with van der Waals surface area (Å²) < 4.78 is 0. The molecule has 0 aliphatic carbocycles. The first-order valence-corrected chi connectivity index (χ1v) is 10.2. The number of likely N-dealkylation sites (tertiary alicyclic amines) is 1. The Morgan fingerprint density at radius 3 is 2.45 bits per heavy atom. The summed E-state index contributed by atoms with van der Waals surface area (Å²) in [6.45, 7) is 2.92. The Labute approximate surface area is 172 Å². The fraction of sp³-hybridized carbons (Fsp3) is 0.391. The highest BCUT2D eigenvalue weighted by molar-refractivity contribution is 5.97. The van der Waals surface area contributed by atoms with Crippen molar-refractivity contribution < 1.29 is 9.59 Å². The normalized spacial score (nSPS) is 14.0. The predicted octanol–water partition coefficient (Wildman–Crippen LogP) is 3.70. The minimum atomic E-state index is -0.286. The van der Waals surface area contributed by atoms with Crippen LogP contribution in [0, 0.1) is 0 Å². The number of carbonyl (C=O) groups is 2. The quantitative estimate of drug-likeness (QED) is 0.785. The number of hydrogen-bond donors (Lipinski definition) is 2. The number of urea groups is 1. The molecule has 2 aromatic carbocycles. The van der Waals surface area contributed by atoms with Crippen LogP contribution in [0.5, 0.6) is 0 Å². The summed E-state index contributed by atoms with van der Waals surface area (Å²) in [6, 6.07) is 15.0. The molecule has 0 aromatic heterocycles. The fourth-order valence-electron chi connectivity index (χ4n) is 3.57. The minimum absolute atomic E-state index is 0.0338. The molecule has 1 heterocycles. The molecule has 29 heavy (non-hydrogen) atoms. The first kappa shape index (κ1) is 20.9. The summed E-state index contributed by atoms with van der Waals surface area (Å²) in [6.07, 6.45) is 3.30. The van der Waals surface area contributed by atoms with Crippen LogP contribution in [0.2, 0.25) is 0 Å². The van der Waals surface area contributed by atoms with Crippen molar-refractivity contribution in [3.63, 3.8) is 0 Å². The smallest absolute Gasteiger partial charge is 0.319 e. The van der Waals surface area contributed by atoms with Crippen molar-refractivity contribution in [3.8, 4) is 0 Å². The van der Waals surface area contributed by atoms with Gasteiger partial charge in [0.2, 0.25) is 0 Å². The van der Waals surface area contributed by atoms with Gasteiger partial charge >= 0.3 is 6.03 Å². The van der Waals surface area contributed by atoms with Crippen LogP contribution in [0.15, 0.2) is 48.5 Å². The van der Waals surface area contributed by atoms with E-state index >= 15 is 0 Å². The van der Waals surface area contributed by atoms with Gasteiger partial charge in [-0.05, 0) is 62.7 Å². The first-order valence-electron chi connectivity index (χ1n) is 10.2. The van der Waals surface area contributed by atoms with Crippen LogP contribution in [0.1, 0.15) is 40.7 Å². The second-order valence-electron chi connectivity index (χ2n) is 7.80. The van der Waals surface area contributed by atoms with Crippen LogP contribution in [-0.4, -0.2) is 48.9 Å². The predicted molar refractivity (Wildman–Crippen MR) is 116 cm³/mol. The van der Waals surface area contributed by atoms with E-state index in [4.69, 9.17) is 0 Å². The summed E-state index contributed by atoms with van der Waals surface area (Å²) in [5.41, 5.74) is 3.49. The molecule has 3 amide bonds. The molecule has 2 N–H and O–H groups in total. The van der Waals surface area contributed by atoms with Crippen LogP contribution >= 0.6 is 0 Å². The number of anilines is 1. The van der Waals surface area contributed by atoms with E-state index in [9.17, 15) is 9.59 Å². The third kappa shape index (κ3) is 6.32. The van der Waals surface area contributed by atoms with Crippen LogP contribution in [0.4, 0.5) is 10.5 Å². The zero-order chi connectivity index (χ0) is 20.6. The van der Waals surface area contributed by atoms with Gasteiger partial charge in [-0.2, -0.15) is 0 Å². The van der Waals surface area contributed by atoms with Crippen molar-refractivity contribution in [2.45, 2.75) is 32.4 Å². The average Bonchev–Trinajstić information content (AvgIpc) is 2.72. The van der Waals surface area contributed by atoms with E-state index in [0.29, 0.717) is 17.8 Å². The highest BCUT2D eigenvalue weighted by Crippen LogP contribution is 2.16. The number of nitrogens with one attached hydrogen (secondary N) is 2. The molecule has 3 rings (SSSR count). The van der Waals surface area contributed by atoms with Gasteiger partial charge in [0.15, 0.2) is 0 Å². The van der Waals surface area contributed by atoms with Crippen molar-refractivity contribution in [1.29, 1.82) is 0 Å². The molecule has 0 bridgehead atoms. The molecule has 1 fully saturated rings. The average molecular weight is 395 g/mol. The van der Waals surface area contributed by atoms with Crippen LogP contribution in [-0.2, 0) is 13.1 Å². The van der Waals surface area contributed by atoms with E-state index in [2.05, 4.69) is 27.7 Å². The van der Waals surface area contributed by atoms with Crippen LogP contribution in [0.3, 0.4) is 0 Å². The van der Waals surface area contributed by atoms with E-state index in [1.165, 1.54) is 12.0 Å². The highest BCUT2D eigenvalue weighted by Gasteiger charge is 2.18. The molecule has 1 saturated heterocycles. The van der Waals surface area contributed by atoms with E-state index in [0.717, 1.165) is 38.0 Å². The Morgan fingerprint density at radius 2 is 1.69 bits per heavy atom. The number of piperidine rings is 1. The van der Waals surface area contributed by atoms with Crippen molar-refractivity contribution in [2.75, 3.05) is 32.5 Å². The number of rotatable bonds is 6. The van der Waals surface area contributed by atoms with Gasteiger partial charge < -0.3 is 20.4 Å². The maximum atomic E-state index is 12.7. The van der Waals surface area contributed by atoms with Gasteiger partial charge in [-0.25, -0.2) is 4.79 Å². The molecular formula is C23H30N4O2. The molecule has 0 spiro atoms. The van der Waals surface area contributed by atoms with E-state index in [1.807, 2.05) is 31.1 Å². The van der Waals surface area contributed by atoms with Gasteiger partial charge in [0.1, 0.15) is 0 Å². The van der Waals surface area contributed by atoms with Gasteiger partial charge in [0.05, 0.1) is 0 Å². The zero-order valence-electron chi connectivity index (χ0n) is 17.3. The molecule has 6 heteroatoms. The Bertz CT molecular complexity index is 844. The van der Waals surface area contributed by atoms with Crippen molar-refractivity contribution in [1.82, 2.24) is 15.1 Å². The van der Waals surface area contributed by atoms with E-state index < -0.39 is 0 Å². The van der Waals surface area contributed by atoms with Crippen LogP contribution < -0.4 is 10.6 Å². The number of hydrogen-bond acceptors (Lipinski definition) is 3. The molecular weight excluding hydrogens is 364 g/mol. The standard InChI is InChI=1S/C23H30N4O2/c1-26(2)17-19-9-6-8-18(14-19)16-24-23(29)25-21-11-7-10-20(15-21)22(28)27-12-4-3-5-13-27/h6-11,14-15H,3-5,12-13,16-17H2,1-2H3,(H2,24,25,29). The second kappa shape index (κ2) is 10.1. The summed E-state index contributed by atoms with van der Waals surface area (Å²) in [5, 5.41) is 5.71. The lowest BCUT2D eigenvalue weighted by Gasteiger charge is -2.26. The van der Waals surface area contributed by atoms with Crippen molar-refractivity contribution >= 4 is 17.6 Å². The Kier molecular flexibility index (Phi) is 7.25. The lowest BCUT2D eigenvalue weighted by molar-refractivity contribution is 0.0724. The molecule has 154 valence electrons. The third-order valence-corrected chi connectivity index (χ3v) is 4.95. The molecule has 0 radical (unpaired) electrons. The molecule has 0 saturated carbocycles. The maximum Gasteiger partial charge on any atom is 0.319 e. The third-order valence-electron chi connectivity index (χ3n) is 4.95. The molecule has 0 unspecified atom stereocenters. The van der Waals surface area contributed by atoms with Gasteiger partial charge in [0.25, 0.3) is 5.91 Å². The summed E-state index contributed by atoms with van der Waals surface area (Å²) in [5.74, 6) is 0.0338. The monoisotopic (exact) mass is 394 g/mol. The van der Waals surface area contributed by atoms with Gasteiger partial charge in [0, 0.05) is 37.4 Å². The topological polar surface area (TPSA) is 64.7 Å². The summed E-state index contributed by atoms with van der Waals surface area (Å²) in [4.78, 5) is 29.0. The SMILES string of the molecule is CN(C)Cc1cccc(CNC(=O)Nc2cccc(C(=O)N3CCCCC3)c2)c1. The van der Waals surface area contributed by atoms with Gasteiger partial charge in [-0.3, -0.25) is 4.79 Å². The Hall–Kier alpha value is -2.86. The lowest BCUT2D eigenvalue weighted by Crippen LogP contribution is -2.35. The maximum absolute atomic E-state index is 12.7. The molecule has 0 atom stereocenters. The largest absolute Gasteiger partial charge is 0.339 e. The number of amides is 3. The van der Waals surface area contributed by atoms with Gasteiger partial charge in [-0.15, -0.1) is 0 Å². The Balaban J connectivity index is 1.55. The number of nitrogens with zero attached hydrogens (tertiary/aromatic N) is 2. The van der Waals surface area contributed by atoms with Crippen LogP contribution in [0.25, 0.3) is 0 Å². The van der Waals surface area contributed by atoms with E-state index in [-0.39, 0.29) is 11.9 Å². The minimum Gasteiger partial charge on any atom is -0.339 e. The first-order chi connectivity index (χ1) is 14.0. The molecule has 1 aliphatic heterocycles. The van der Waals surface area contributed by atoms with Crippen molar-refractivity contribution in [2.24, 2.45) is 0 Å². The fourth-order valence-corrected chi connectivity index (χ4v) is 3.57. The highest BCUT2D eigenvalue weighted by atomic mass is 16.2. The van der Waals surface area contributed by atoms with E-state index in [1.54, 1.807) is 24.3 Å². The molecule has 2 aromatic rings. The van der Waals surface area contributed by atoms with Crippen molar-refractivity contribution in [3.05, 3.63) is 65.2 Å². The summed E-state index contributed by atoms with van der Waals surface area (Å²) in [7, 11) is 4.06. The van der Waals surface area contributed by atoms with Gasteiger partial charge in [-0.1, -0.05) is 30.3 Å². The Morgan fingerprint density at radius 1 is 0.966 bits per heavy atom. The lowest BCUT2D eigenvalue weighted by atomic mass is 10.1. The number of benzene rings is 2. The summed E-state index contributed by atoms with van der Waals surface area (Å²) >= 11 is 0. The molecule has 6 nitrogen and oxygen atoms in total.